The van der Waals surface area contributed by atoms with Crippen molar-refractivity contribution in [3.63, 3.8) is 0 Å². The maximum atomic E-state index is 13.2. The van der Waals surface area contributed by atoms with E-state index in [1.165, 1.54) is 0 Å². The molecular weight excluding hydrogens is 174 g/mol. The van der Waals surface area contributed by atoms with E-state index in [2.05, 4.69) is 0 Å². The highest BCUT2D eigenvalue weighted by Gasteiger charge is 2.38. The van der Waals surface area contributed by atoms with Crippen molar-refractivity contribution >= 4 is 5.78 Å². The van der Waals surface area contributed by atoms with E-state index >= 15 is 0 Å². The minimum absolute atomic E-state index is 0.0613. The van der Waals surface area contributed by atoms with Crippen molar-refractivity contribution in [1.29, 1.82) is 0 Å². The number of rotatable bonds is 0. The molecule has 0 aromatic heterocycles. The molecule has 0 spiro atoms. The topological polar surface area (TPSA) is 17.1 Å². The Hall–Kier alpha value is -0.990. The number of alkyl halides is 2. The summed E-state index contributed by atoms with van der Waals surface area (Å²) in [6, 6.07) is 0. The molecule has 0 aliphatic heterocycles. The molecule has 2 aliphatic rings. The van der Waals surface area contributed by atoms with Gasteiger partial charge in [0.1, 0.15) is 0 Å². The van der Waals surface area contributed by atoms with Gasteiger partial charge in [0, 0.05) is 11.1 Å². The highest BCUT2D eigenvalue weighted by molar-refractivity contribution is 6.06. The molecule has 0 saturated carbocycles. The fourth-order valence-corrected chi connectivity index (χ4v) is 1.93. The van der Waals surface area contributed by atoms with Crippen LogP contribution in [0.3, 0.4) is 0 Å². The molecule has 0 heterocycles. The quantitative estimate of drug-likeness (QED) is 0.565. The molecule has 1 nitrogen and oxygen atoms in total. The molecule has 0 radical (unpaired) electrons. The number of halogens is 2. The van der Waals surface area contributed by atoms with Gasteiger partial charge in [-0.25, -0.2) is 0 Å². The van der Waals surface area contributed by atoms with Crippen LogP contribution in [0.5, 0.6) is 0 Å². The molecule has 0 amide bonds. The van der Waals surface area contributed by atoms with Crippen LogP contribution in [-0.4, -0.2) is 11.7 Å². The fourth-order valence-electron chi connectivity index (χ4n) is 1.93. The number of carbonyl (C=O) groups excluding carboxylic acids is 1. The highest BCUT2D eigenvalue weighted by Crippen LogP contribution is 2.39. The third-order valence-electron chi connectivity index (χ3n) is 2.61. The Balaban J connectivity index is 2.45. The van der Waals surface area contributed by atoms with Gasteiger partial charge in [-0.15, -0.1) is 0 Å². The maximum absolute atomic E-state index is 13.2. The molecule has 2 aliphatic carbocycles. The van der Waals surface area contributed by atoms with E-state index in [1.807, 2.05) is 0 Å². The molecule has 0 atom stereocenters. The summed E-state index contributed by atoms with van der Waals surface area (Å²) in [4.78, 5) is 11.2. The monoisotopic (exact) mass is 184 g/mol. The number of allylic oxidation sites excluding steroid dienone is 4. The Morgan fingerprint density at radius 1 is 1.23 bits per heavy atom. The van der Waals surface area contributed by atoms with Crippen LogP contribution < -0.4 is 0 Å². The van der Waals surface area contributed by atoms with Crippen LogP contribution in [0.4, 0.5) is 8.78 Å². The Labute approximate surface area is 75.1 Å². The number of ketones is 1. The van der Waals surface area contributed by atoms with Gasteiger partial charge in [-0.05, 0) is 37.8 Å². The van der Waals surface area contributed by atoms with Crippen LogP contribution >= 0.6 is 0 Å². The molecule has 70 valence electrons. The Bertz CT molecular complexity index is 313. The predicted molar refractivity (Wildman–Crippen MR) is 44.6 cm³/mol. The summed E-state index contributed by atoms with van der Waals surface area (Å²) in [5.74, 6) is -3.09. The molecule has 0 aromatic carbocycles. The van der Waals surface area contributed by atoms with E-state index in [-0.39, 0.29) is 11.4 Å². The second-order valence-electron chi connectivity index (χ2n) is 3.48. The Morgan fingerprint density at radius 2 is 1.92 bits per heavy atom. The van der Waals surface area contributed by atoms with Crippen molar-refractivity contribution in [3.05, 3.63) is 23.3 Å². The number of hydrogen-bond donors (Lipinski definition) is 0. The van der Waals surface area contributed by atoms with E-state index in [9.17, 15) is 13.6 Å². The number of hydrogen-bond acceptors (Lipinski definition) is 1. The second kappa shape index (κ2) is 2.76. The van der Waals surface area contributed by atoms with Gasteiger partial charge in [-0.1, -0.05) is 0 Å². The summed E-state index contributed by atoms with van der Waals surface area (Å²) in [7, 11) is 0. The zero-order chi connectivity index (χ0) is 9.47. The largest absolute Gasteiger partial charge is 0.290 e. The smallest absolute Gasteiger partial charge is 0.288 e. The fraction of sp³-hybridized carbons (Fsp3) is 0.500. The van der Waals surface area contributed by atoms with Gasteiger partial charge >= 0.3 is 0 Å². The van der Waals surface area contributed by atoms with Gasteiger partial charge in [0.05, 0.1) is 0 Å². The predicted octanol–water partition coefficient (Wildman–Crippen LogP) is 2.63. The minimum atomic E-state index is -2.87. The van der Waals surface area contributed by atoms with Crippen molar-refractivity contribution in [2.45, 2.75) is 31.6 Å². The lowest BCUT2D eigenvalue weighted by atomic mass is 9.83. The number of carbonyl (C=O) groups is 1. The van der Waals surface area contributed by atoms with Gasteiger partial charge in [-0.2, -0.15) is 8.78 Å². The van der Waals surface area contributed by atoms with E-state index in [4.69, 9.17) is 0 Å². The van der Waals surface area contributed by atoms with Gasteiger partial charge in [0.25, 0.3) is 5.92 Å². The SMILES string of the molecule is O=C1C=CC(F)(F)C2=C1CCCC2. The average Bonchev–Trinajstić information content (AvgIpc) is 2.13. The van der Waals surface area contributed by atoms with Crippen LogP contribution in [0.2, 0.25) is 0 Å². The van der Waals surface area contributed by atoms with E-state index in [0.717, 1.165) is 25.0 Å². The lowest BCUT2D eigenvalue weighted by Gasteiger charge is -2.26. The van der Waals surface area contributed by atoms with Crippen molar-refractivity contribution in [3.8, 4) is 0 Å². The second-order valence-corrected chi connectivity index (χ2v) is 3.48. The first-order valence-corrected chi connectivity index (χ1v) is 4.45. The third-order valence-corrected chi connectivity index (χ3v) is 2.61. The zero-order valence-electron chi connectivity index (χ0n) is 7.15. The van der Waals surface area contributed by atoms with Crippen LogP contribution in [0, 0.1) is 0 Å². The Morgan fingerprint density at radius 3 is 2.62 bits per heavy atom. The van der Waals surface area contributed by atoms with Crippen molar-refractivity contribution in [1.82, 2.24) is 0 Å². The summed E-state index contributed by atoms with van der Waals surface area (Å²) in [6.07, 6.45) is 4.25. The summed E-state index contributed by atoms with van der Waals surface area (Å²) in [5.41, 5.74) is 0.421. The van der Waals surface area contributed by atoms with E-state index in [1.54, 1.807) is 0 Å². The van der Waals surface area contributed by atoms with Gasteiger partial charge in [-0.3, -0.25) is 4.79 Å². The minimum Gasteiger partial charge on any atom is -0.290 e. The molecule has 0 unspecified atom stereocenters. The molecule has 2 rings (SSSR count). The summed E-state index contributed by atoms with van der Waals surface area (Å²) < 4.78 is 26.4. The van der Waals surface area contributed by atoms with E-state index in [0.29, 0.717) is 18.4 Å². The van der Waals surface area contributed by atoms with Crippen LogP contribution in [0.25, 0.3) is 0 Å². The normalized spacial score (nSPS) is 26.2. The van der Waals surface area contributed by atoms with Crippen LogP contribution in [0.15, 0.2) is 23.3 Å². The first-order chi connectivity index (χ1) is 6.11. The molecule has 0 saturated heterocycles. The summed E-state index contributed by atoms with van der Waals surface area (Å²) >= 11 is 0. The molecular formula is C10H10F2O. The molecule has 0 fully saturated rings. The van der Waals surface area contributed by atoms with Crippen molar-refractivity contribution in [2.75, 3.05) is 0 Å². The van der Waals surface area contributed by atoms with Crippen LogP contribution in [0.1, 0.15) is 25.7 Å². The lowest BCUT2D eigenvalue weighted by Crippen LogP contribution is -2.26. The van der Waals surface area contributed by atoms with Gasteiger partial charge < -0.3 is 0 Å². The first-order valence-electron chi connectivity index (χ1n) is 4.45. The molecule has 13 heavy (non-hydrogen) atoms. The van der Waals surface area contributed by atoms with Crippen molar-refractivity contribution in [2.24, 2.45) is 0 Å². The van der Waals surface area contributed by atoms with E-state index < -0.39 is 5.92 Å². The maximum Gasteiger partial charge on any atom is 0.288 e. The van der Waals surface area contributed by atoms with Crippen LogP contribution in [-0.2, 0) is 4.79 Å². The molecule has 3 heteroatoms. The van der Waals surface area contributed by atoms with Gasteiger partial charge in [0.2, 0.25) is 0 Å². The molecule has 0 bridgehead atoms. The summed E-state index contributed by atoms with van der Waals surface area (Å²) in [5, 5.41) is 0. The standard InChI is InChI=1S/C10H10F2O/c11-10(12)6-5-9(13)7-3-1-2-4-8(7)10/h5-6H,1-4H2. The van der Waals surface area contributed by atoms with Crippen molar-refractivity contribution < 1.29 is 13.6 Å². The molecule has 0 N–H and O–H groups in total. The highest BCUT2D eigenvalue weighted by atomic mass is 19.3. The lowest BCUT2D eigenvalue weighted by molar-refractivity contribution is -0.112. The van der Waals surface area contributed by atoms with Gasteiger partial charge in [0.15, 0.2) is 5.78 Å². The first kappa shape index (κ1) is 8.60. The third kappa shape index (κ3) is 1.32. The zero-order valence-corrected chi connectivity index (χ0v) is 7.15. The molecule has 0 aromatic rings. The summed E-state index contributed by atoms with van der Waals surface area (Å²) in [6.45, 7) is 0. The Kier molecular flexibility index (Phi) is 1.82. The average molecular weight is 184 g/mol.